The molecule has 2 aromatic rings. The molecule has 1 nitrogen and oxygen atoms in total. The Kier molecular flexibility index (Phi) is 4.43. The van der Waals surface area contributed by atoms with Gasteiger partial charge in [-0.2, -0.15) is 0 Å². The van der Waals surface area contributed by atoms with Crippen LogP contribution in [0.25, 0.3) is 0 Å². The number of rotatable bonds is 4. The summed E-state index contributed by atoms with van der Waals surface area (Å²) < 4.78 is 13.6. The summed E-state index contributed by atoms with van der Waals surface area (Å²) in [6.45, 7) is 4.87. The van der Waals surface area contributed by atoms with Crippen molar-refractivity contribution < 1.29 is 4.39 Å². The third-order valence-electron chi connectivity index (χ3n) is 3.07. The van der Waals surface area contributed by atoms with E-state index in [1.165, 1.54) is 11.6 Å². The second-order valence-corrected chi connectivity index (χ2v) is 4.80. The van der Waals surface area contributed by atoms with Crippen LogP contribution in [0.3, 0.4) is 0 Å². The van der Waals surface area contributed by atoms with Gasteiger partial charge in [0.25, 0.3) is 0 Å². The highest BCUT2D eigenvalue weighted by atomic mass is 35.5. The maximum absolute atomic E-state index is 13.6. The van der Waals surface area contributed by atoms with Crippen LogP contribution in [0.2, 0.25) is 0 Å². The van der Waals surface area contributed by atoms with E-state index in [1.54, 1.807) is 6.07 Å². The molecule has 0 aromatic heterocycles. The molecule has 0 amide bonds. The van der Waals surface area contributed by atoms with Crippen molar-refractivity contribution in [1.82, 2.24) is 0 Å². The van der Waals surface area contributed by atoms with Crippen molar-refractivity contribution in [2.24, 2.45) is 0 Å². The molecule has 0 bridgehead atoms. The zero-order chi connectivity index (χ0) is 13.8. The van der Waals surface area contributed by atoms with Crippen molar-refractivity contribution in [2.75, 3.05) is 11.4 Å². The van der Waals surface area contributed by atoms with E-state index in [4.69, 9.17) is 11.6 Å². The van der Waals surface area contributed by atoms with Crippen LogP contribution >= 0.6 is 11.6 Å². The summed E-state index contributed by atoms with van der Waals surface area (Å²) in [6.07, 6.45) is 0. The second kappa shape index (κ2) is 6.07. The first-order chi connectivity index (χ1) is 9.13. The number of anilines is 2. The molecule has 0 fully saturated rings. The van der Waals surface area contributed by atoms with Crippen LogP contribution in [0.4, 0.5) is 15.8 Å². The minimum Gasteiger partial charge on any atom is -0.342 e. The molecule has 0 spiro atoms. The van der Waals surface area contributed by atoms with Crippen LogP contribution in [0.1, 0.15) is 18.1 Å². The summed E-state index contributed by atoms with van der Waals surface area (Å²) in [5.41, 5.74) is 3.89. The molecular weight excluding hydrogens is 261 g/mol. The fraction of sp³-hybridized carbons (Fsp3) is 0.250. The summed E-state index contributed by atoms with van der Waals surface area (Å²) in [5, 5.41) is 0. The lowest BCUT2D eigenvalue weighted by Gasteiger charge is -2.24. The molecule has 0 saturated carbocycles. The zero-order valence-corrected chi connectivity index (χ0v) is 11.9. The Bertz CT molecular complexity index is 551. The van der Waals surface area contributed by atoms with Gasteiger partial charge in [0.05, 0.1) is 0 Å². The van der Waals surface area contributed by atoms with Crippen molar-refractivity contribution >= 4 is 23.0 Å². The highest BCUT2D eigenvalue weighted by molar-refractivity contribution is 6.17. The Morgan fingerprint density at radius 2 is 1.74 bits per heavy atom. The number of hydrogen-bond acceptors (Lipinski definition) is 1. The van der Waals surface area contributed by atoms with Gasteiger partial charge in [-0.05, 0) is 49.7 Å². The van der Waals surface area contributed by atoms with Crippen LogP contribution in [0.5, 0.6) is 0 Å². The quantitative estimate of drug-likeness (QED) is 0.709. The molecule has 0 aliphatic heterocycles. The van der Waals surface area contributed by atoms with Crippen LogP contribution in [0.15, 0.2) is 42.5 Å². The molecular formula is C16H17ClFN. The minimum absolute atomic E-state index is 0.251. The topological polar surface area (TPSA) is 3.24 Å². The minimum atomic E-state index is -0.251. The first-order valence-electron chi connectivity index (χ1n) is 6.33. The van der Waals surface area contributed by atoms with Crippen molar-refractivity contribution in [3.8, 4) is 0 Å². The molecule has 0 saturated heterocycles. The van der Waals surface area contributed by atoms with Crippen LogP contribution < -0.4 is 4.90 Å². The van der Waals surface area contributed by atoms with Gasteiger partial charge < -0.3 is 4.90 Å². The summed E-state index contributed by atoms with van der Waals surface area (Å²) in [7, 11) is 0. The molecule has 0 radical (unpaired) electrons. The average Bonchev–Trinajstić information content (AvgIpc) is 2.41. The number of hydrogen-bond donors (Lipinski definition) is 0. The average molecular weight is 278 g/mol. The van der Waals surface area contributed by atoms with E-state index in [0.717, 1.165) is 23.5 Å². The van der Waals surface area contributed by atoms with E-state index >= 15 is 0 Å². The maximum Gasteiger partial charge on any atom is 0.125 e. The van der Waals surface area contributed by atoms with Crippen molar-refractivity contribution in [3.05, 3.63) is 59.4 Å². The molecule has 0 aliphatic carbocycles. The first-order valence-corrected chi connectivity index (χ1v) is 6.87. The third kappa shape index (κ3) is 3.27. The Balaban J connectivity index is 2.41. The Labute approximate surface area is 118 Å². The van der Waals surface area contributed by atoms with Gasteiger partial charge in [0, 0.05) is 23.8 Å². The Morgan fingerprint density at radius 3 is 2.32 bits per heavy atom. The highest BCUT2D eigenvalue weighted by Gasteiger charge is 2.09. The Hall–Kier alpha value is -1.54. The van der Waals surface area contributed by atoms with E-state index in [2.05, 4.69) is 17.0 Å². The highest BCUT2D eigenvalue weighted by Crippen LogP contribution is 2.27. The number of alkyl halides is 1. The lowest BCUT2D eigenvalue weighted by molar-refractivity contribution is 0.626. The summed E-state index contributed by atoms with van der Waals surface area (Å²) >= 11 is 5.80. The fourth-order valence-corrected chi connectivity index (χ4v) is 2.26. The zero-order valence-electron chi connectivity index (χ0n) is 11.2. The number of aryl methyl sites for hydroxylation is 1. The van der Waals surface area contributed by atoms with Gasteiger partial charge in [0.2, 0.25) is 0 Å². The van der Waals surface area contributed by atoms with Crippen LogP contribution in [-0.2, 0) is 5.88 Å². The third-order valence-corrected chi connectivity index (χ3v) is 3.38. The van der Waals surface area contributed by atoms with Crippen molar-refractivity contribution in [2.45, 2.75) is 19.7 Å². The number of benzene rings is 2. The Morgan fingerprint density at radius 1 is 1.05 bits per heavy atom. The van der Waals surface area contributed by atoms with Crippen molar-refractivity contribution in [1.29, 1.82) is 0 Å². The lowest BCUT2D eigenvalue weighted by atomic mass is 10.1. The summed E-state index contributed by atoms with van der Waals surface area (Å²) in [4.78, 5) is 2.07. The van der Waals surface area contributed by atoms with Crippen LogP contribution in [-0.4, -0.2) is 6.54 Å². The summed E-state index contributed by atoms with van der Waals surface area (Å²) in [5.74, 6) is 0.0645. The molecule has 2 rings (SSSR count). The van der Waals surface area contributed by atoms with Gasteiger partial charge in [0.15, 0.2) is 0 Å². The predicted octanol–water partition coefficient (Wildman–Crippen LogP) is 5.03. The smallest absolute Gasteiger partial charge is 0.125 e. The monoisotopic (exact) mass is 277 g/mol. The van der Waals surface area contributed by atoms with Gasteiger partial charge in [-0.1, -0.05) is 17.7 Å². The predicted molar refractivity (Wildman–Crippen MR) is 79.8 cm³/mol. The van der Waals surface area contributed by atoms with Gasteiger partial charge >= 0.3 is 0 Å². The van der Waals surface area contributed by atoms with E-state index in [0.29, 0.717) is 5.88 Å². The molecule has 100 valence electrons. The molecule has 0 atom stereocenters. The van der Waals surface area contributed by atoms with Gasteiger partial charge in [-0.25, -0.2) is 4.39 Å². The fourth-order valence-electron chi connectivity index (χ4n) is 2.11. The second-order valence-electron chi connectivity index (χ2n) is 4.53. The molecule has 0 unspecified atom stereocenters. The van der Waals surface area contributed by atoms with Gasteiger partial charge in [-0.3, -0.25) is 0 Å². The molecule has 0 heterocycles. The van der Waals surface area contributed by atoms with E-state index in [9.17, 15) is 4.39 Å². The van der Waals surface area contributed by atoms with E-state index in [-0.39, 0.29) is 5.82 Å². The van der Waals surface area contributed by atoms with E-state index in [1.807, 2.05) is 32.0 Å². The normalized spacial score (nSPS) is 10.5. The molecule has 0 N–H and O–H groups in total. The summed E-state index contributed by atoms with van der Waals surface area (Å²) in [6, 6.07) is 13.1. The lowest BCUT2D eigenvalue weighted by Crippen LogP contribution is -2.16. The van der Waals surface area contributed by atoms with Crippen molar-refractivity contribution in [3.63, 3.8) is 0 Å². The maximum atomic E-state index is 13.6. The number of halogens is 2. The first kappa shape index (κ1) is 13.9. The van der Waals surface area contributed by atoms with Crippen LogP contribution in [0, 0.1) is 12.7 Å². The molecule has 3 heteroatoms. The molecule has 2 aromatic carbocycles. The van der Waals surface area contributed by atoms with E-state index < -0.39 is 0 Å². The largest absolute Gasteiger partial charge is 0.342 e. The number of nitrogens with zero attached hydrogens (tertiary/aromatic N) is 1. The van der Waals surface area contributed by atoms with Gasteiger partial charge in [0.1, 0.15) is 5.82 Å². The standard InChI is InChI=1S/C16H17ClFN/c1-3-19(15-6-4-12(2)5-7-15)16-9-13(11-17)8-14(18)10-16/h4-10H,3,11H2,1-2H3. The van der Waals surface area contributed by atoms with Gasteiger partial charge in [-0.15, -0.1) is 11.6 Å². The SMILES string of the molecule is CCN(c1ccc(C)cc1)c1cc(F)cc(CCl)c1. The molecule has 19 heavy (non-hydrogen) atoms. The molecule has 0 aliphatic rings.